The fourth-order valence-corrected chi connectivity index (χ4v) is 4.47. The molecule has 0 radical (unpaired) electrons. The highest BCUT2D eigenvalue weighted by atomic mass is 32.2. The third-order valence-electron chi connectivity index (χ3n) is 3.97. The van der Waals surface area contributed by atoms with Gasteiger partial charge in [-0.2, -0.15) is 0 Å². The number of rotatable bonds is 6. The van der Waals surface area contributed by atoms with Crippen molar-refractivity contribution in [2.75, 3.05) is 6.54 Å². The van der Waals surface area contributed by atoms with E-state index in [0.717, 1.165) is 15.8 Å². The van der Waals surface area contributed by atoms with Crippen LogP contribution in [0, 0.1) is 6.92 Å². The third kappa shape index (κ3) is 4.62. The van der Waals surface area contributed by atoms with E-state index >= 15 is 0 Å². The van der Waals surface area contributed by atoms with Crippen molar-refractivity contribution in [1.29, 1.82) is 0 Å². The molecule has 0 saturated heterocycles. The van der Waals surface area contributed by atoms with Gasteiger partial charge in [0.05, 0.1) is 15.1 Å². The van der Waals surface area contributed by atoms with Crippen LogP contribution in [0.2, 0.25) is 0 Å². The highest BCUT2D eigenvalue weighted by Gasteiger charge is 2.13. The molecular weight excluding hydrogens is 384 g/mol. The molecule has 0 aliphatic heterocycles. The number of sulfonamides is 1. The summed E-state index contributed by atoms with van der Waals surface area (Å²) in [7, 11) is -1.75. The van der Waals surface area contributed by atoms with Gasteiger partial charge in [-0.1, -0.05) is 41.2 Å². The van der Waals surface area contributed by atoms with Gasteiger partial charge < -0.3 is 4.57 Å². The van der Waals surface area contributed by atoms with Gasteiger partial charge in [-0.25, -0.2) is 18.6 Å². The molecule has 1 amide bonds. The van der Waals surface area contributed by atoms with E-state index in [2.05, 4.69) is 15.2 Å². The van der Waals surface area contributed by atoms with Gasteiger partial charge in [0, 0.05) is 20.0 Å². The zero-order valence-corrected chi connectivity index (χ0v) is 16.6. The van der Waals surface area contributed by atoms with Crippen LogP contribution in [0.4, 0.5) is 0 Å². The van der Waals surface area contributed by atoms with Gasteiger partial charge in [0.2, 0.25) is 20.7 Å². The molecule has 2 N–H and O–H groups in total. The van der Waals surface area contributed by atoms with Gasteiger partial charge >= 0.3 is 0 Å². The third-order valence-corrected chi connectivity index (χ3v) is 6.56. The van der Waals surface area contributed by atoms with Crippen LogP contribution in [0.25, 0.3) is 10.2 Å². The number of carbonyl (C=O) groups is 1. The fraction of sp³-hybridized carbons (Fsp3) is 0.222. The van der Waals surface area contributed by atoms with E-state index in [1.165, 1.54) is 23.5 Å². The summed E-state index contributed by atoms with van der Waals surface area (Å²) in [5.41, 5.74) is 4.48. The second-order valence-electron chi connectivity index (χ2n) is 6.02. The molecule has 142 valence electrons. The maximum Gasteiger partial charge on any atom is 0.241 e. The molecule has 0 aliphatic rings. The predicted octanol–water partition coefficient (Wildman–Crippen LogP) is 1.85. The average Bonchev–Trinajstić information content (AvgIpc) is 2.96. The fourth-order valence-electron chi connectivity index (χ4n) is 2.45. The van der Waals surface area contributed by atoms with E-state index < -0.39 is 10.0 Å². The maximum atomic E-state index is 12.2. The monoisotopic (exact) mass is 404 g/mol. The molecule has 0 fully saturated rings. The minimum Gasteiger partial charge on any atom is -0.318 e. The highest BCUT2D eigenvalue weighted by Crippen LogP contribution is 2.15. The largest absolute Gasteiger partial charge is 0.318 e. The first kappa shape index (κ1) is 19.3. The Balaban J connectivity index is 1.58. The normalized spacial score (nSPS) is 12.4. The van der Waals surface area contributed by atoms with E-state index in [9.17, 15) is 13.2 Å². The Hall–Kier alpha value is -2.49. The standard InChI is InChI=1S/C18H20N4O3S2/c1-13-7-9-14(10-8-13)27(24,25)19-12-11-17(23)20-21-18-22(2)15-5-3-4-6-16(15)26-18/h3-10,19H,11-12H2,1-2H3,(H,20,23)/b21-18-. The number of aryl methyl sites for hydroxylation is 2. The molecule has 0 aliphatic carbocycles. The van der Waals surface area contributed by atoms with Crippen LogP contribution in [0.5, 0.6) is 0 Å². The van der Waals surface area contributed by atoms with Crippen molar-refractivity contribution < 1.29 is 13.2 Å². The molecule has 0 saturated carbocycles. The zero-order chi connectivity index (χ0) is 19.4. The van der Waals surface area contributed by atoms with Gasteiger partial charge in [0.25, 0.3) is 0 Å². The van der Waals surface area contributed by atoms with Gasteiger partial charge in [0.15, 0.2) is 0 Å². The van der Waals surface area contributed by atoms with Crippen LogP contribution >= 0.6 is 11.3 Å². The molecule has 3 aromatic rings. The highest BCUT2D eigenvalue weighted by molar-refractivity contribution is 7.89. The van der Waals surface area contributed by atoms with Crippen molar-refractivity contribution in [3.63, 3.8) is 0 Å². The molecule has 3 rings (SSSR count). The molecule has 0 spiro atoms. The van der Waals surface area contributed by atoms with Gasteiger partial charge in [-0.3, -0.25) is 4.79 Å². The molecule has 1 aromatic heterocycles. The number of fused-ring (bicyclic) bond motifs is 1. The molecule has 0 bridgehead atoms. The lowest BCUT2D eigenvalue weighted by Crippen LogP contribution is -2.30. The molecule has 0 atom stereocenters. The Morgan fingerprint density at radius 2 is 1.85 bits per heavy atom. The molecule has 2 aromatic carbocycles. The van der Waals surface area contributed by atoms with Gasteiger partial charge in [-0.05, 0) is 31.2 Å². The summed E-state index contributed by atoms with van der Waals surface area (Å²) >= 11 is 1.46. The van der Waals surface area contributed by atoms with E-state index in [4.69, 9.17) is 0 Å². The molecule has 1 heterocycles. The number of carbonyl (C=O) groups excluding carboxylic acids is 1. The van der Waals surface area contributed by atoms with Crippen molar-refractivity contribution in [3.05, 3.63) is 58.9 Å². The minimum atomic E-state index is -3.63. The summed E-state index contributed by atoms with van der Waals surface area (Å²) in [6, 6.07) is 14.4. The van der Waals surface area contributed by atoms with Crippen LogP contribution in [-0.4, -0.2) is 25.4 Å². The minimum absolute atomic E-state index is 0.00386. The Morgan fingerprint density at radius 1 is 1.15 bits per heavy atom. The van der Waals surface area contributed by atoms with E-state index in [0.29, 0.717) is 4.80 Å². The number of para-hydroxylation sites is 1. The second-order valence-corrected chi connectivity index (χ2v) is 8.80. The summed E-state index contributed by atoms with van der Waals surface area (Å²) in [6.45, 7) is 1.88. The van der Waals surface area contributed by atoms with E-state index in [1.807, 2.05) is 42.8 Å². The maximum absolute atomic E-state index is 12.2. The number of aromatic nitrogens is 1. The summed E-state index contributed by atoms with van der Waals surface area (Å²) in [6.07, 6.45) is -0.0107. The topological polar surface area (TPSA) is 92.6 Å². The number of benzene rings is 2. The quantitative estimate of drug-likeness (QED) is 0.614. The Morgan fingerprint density at radius 3 is 2.56 bits per heavy atom. The van der Waals surface area contributed by atoms with Crippen molar-refractivity contribution in [3.8, 4) is 0 Å². The van der Waals surface area contributed by atoms with Crippen LogP contribution in [0.15, 0.2) is 58.5 Å². The number of thiazole rings is 1. The van der Waals surface area contributed by atoms with Crippen LogP contribution in [-0.2, 0) is 21.9 Å². The lowest BCUT2D eigenvalue weighted by molar-refractivity contribution is -0.121. The number of hydrogen-bond donors (Lipinski definition) is 2. The van der Waals surface area contributed by atoms with Crippen molar-refractivity contribution in [2.45, 2.75) is 18.2 Å². The lowest BCUT2D eigenvalue weighted by atomic mass is 10.2. The van der Waals surface area contributed by atoms with Crippen molar-refractivity contribution in [2.24, 2.45) is 12.1 Å². The summed E-state index contributed by atoms with van der Waals surface area (Å²) in [5.74, 6) is -0.362. The Labute approximate surface area is 161 Å². The first-order valence-electron chi connectivity index (χ1n) is 8.30. The van der Waals surface area contributed by atoms with Crippen LogP contribution in [0.1, 0.15) is 12.0 Å². The molecule has 27 heavy (non-hydrogen) atoms. The van der Waals surface area contributed by atoms with Gasteiger partial charge in [-0.15, -0.1) is 5.10 Å². The van der Waals surface area contributed by atoms with Crippen LogP contribution in [0.3, 0.4) is 0 Å². The number of hydrogen-bond acceptors (Lipinski definition) is 5. The zero-order valence-electron chi connectivity index (χ0n) is 15.0. The Bertz CT molecular complexity index is 1130. The SMILES string of the molecule is Cc1ccc(S(=O)(=O)NCCC(=O)N/N=c2\sc3ccccc3n2C)cc1. The van der Waals surface area contributed by atoms with Crippen molar-refractivity contribution in [1.82, 2.24) is 14.7 Å². The number of amides is 1. The summed E-state index contributed by atoms with van der Waals surface area (Å²) in [4.78, 5) is 12.8. The molecule has 7 nitrogen and oxygen atoms in total. The first-order chi connectivity index (χ1) is 12.9. The average molecular weight is 405 g/mol. The molecular formula is C18H20N4O3S2. The first-order valence-corrected chi connectivity index (χ1v) is 10.6. The second kappa shape index (κ2) is 8.03. The summed E-state index contributed by atoms with van der Waals surface area (Å²) < 4.78 is 29.7. The van der Waals surface area contributed by atoms with Gasteiger partial charge in [0.1, 0.15) is 0 Å². The lowest BCUT2D eigenvalue weighted by Gasteiger charge is -2.06. The summed E-state index contributed by atoms with van der Waals surface area (Å²) in [5, 5.41) is 4.13. The number of nitrogens with zero attached hydrogens (tertiary/aromatic N) is 2. The van der Waals surface area contributed by atoms with Crippen LogP contribution < -0.4 is 14.9 Å². The Kier molecular flexibility index (Phi) is 5.73. The number of nitrogens with one attached hydrogen (secondary N) is 2. The van der Waals surface area contributed by atoms with Crippen molar-refractivity contribution >= 4 is 37.5 Å². The van der Waals surface area contributed by atoms with E-state index in [-0.39, 0.29) is 23.8 Å². The van der Waals surface area contributed by atoms with E-state index in [1.54, 1.807) is 12.1 Å². The smallest absolute Gasteiger partial charge is 0.241 e. The molecule has 0 unspecified atom stereocenters. The predicted molar refractivity (Wildman–Crippen MR) is 105 cm³/mol. The molecule has 9 heteroatoms.